The molecule has 1 aliphatic carbocycles. The Morgan fingerprint density at radius 1 is 0.868 bits per heavy atom. The third-order valence-corrected chi connectivity index (χ3v) is 9.44. The lowest BCUT2D eigenvalue weighted by Crippen LogP contribution is -2.53. The number of nitrogens with zero attached hydrogens (tertiary/aromatic N) is 5. The number of benzene rings is 1. The summed E-state index contributed by atoms with van der Waals surface area (Å²) in [7, 11) is 0. The Labute approximate surface area is 225 Å². The molecule has 0 N–H and O–H groups in total. The van der Waals surface area contributed by atoms with E-state index in [2.05, 4.69) is 4.90 Å². The van der Waals surface area contributed by atoms with Gasteiger partial charge in [0.1, 0.15) is 5.78 Å². The van der Waals surface area contributed by atoms with Crippen LogP contribution in [0.2, 0.25) is 0 Å². The lowest BCUT2D eigenvalue weighted by atomic mass is 9.89. The highest BCUT2D eigenvalue weighted by Gasteiger charge is 2.44. The summed E-state index contributed by atoms with van der Waals surface area (Å²) in [5.41, 5.74) is 1.61. The molecule has 0 spiro atoms. The van der Waals surface area contributed by atoms with Gasteiger partial charge < -0.3 is 14.4 Å². The van der Waals surface area contributed by atoms with Crippen LogP contribution in [0.1, 0.15) is 83.6 Å². The van der Waals surface area contributed by atoms with Crippen molar-refractivity contribution in [3.05, 3.63) is 34.6 Å². The molecule has 3 atom stereocenters. The Balaban J connectivity index is 1.29. The molecule has 2 aromatic rings. The molecule has 204 valence electrons. The largest absolute Gasteiger partial charge is 0.341 e. The average molecular weight is 520 g/mol. The number of piperidine rings is 1. The minimum atomic E-state index is -0.127. The molecule has 4 heterocycles. The molecule has 1 amide bonds. The second-order valence-corrected chi connectivity index (χ2v) is 12.0. The van der Waals surface area contributed by atoms with E-state index in [1.165, 1.54) is 64.7 Å². The predicted octanol–water partition coefficient (Wildman–Crippen LogP) is 3.91. The number of amides is 1. The first-order valence-electron chi connectivity index (χ1n) is 14.8. The first-order valence-corrected chi connectivity index (χ1v) is 14.8. The fourth-order valence-corrected chi connectivity index (χ4v) is 7.76. The number of anilines is 1. The number of carbonyl (C=O) groups is 2. The highest BCUT2D eigenvalue weighted by atomic mass is 16.2. The number of ketones is 1. The molecule has 4 fully saturated rings. The van der Waals surface area contributed by atoms with E-state index in [9.17, 15) is 14.4 Å². The van der Waals surface area contributed by atoms with Crippen molar-refractivity contribution in [3.63, 3.8) is 0 Å². The smallest absolute Gasteiger partial charge is 0.294 e. The van der Waals surface area contributed by atoms with Crippen LogP contribution in [0.25, 0.3) is 11.0 Å². The number of rotatable bonds is 5. The van der Waals surface area contributed by atoms with Gasteiger partial charge in [0.15, 0.2) is 5.82 Å². The second-order valence-electron chi connectivity index (χ2n) is 12.0. The Hall–Kier alpha value is -2.74. The molecule has 0 radical (unpaired) electrons. The van der Waals surface area contributed by atoms with Gasteiger partial charge in [-0.05, 0) is 57.6 Å². The third-order valence-electron chi connectivity index (χ3n) is 9.44. The summed E-state index contributed by atoms with van der Waals surface area (Å²) >= 11 is 0. The van der Waals surface area contributed by atoms with Gasteiger partial charge >= 0.3 is 0 Å². The van der Waals surface area contributed by atoms with E-state index < -0.39 is 0 Å². The molecule has 8 heteroatoms. The van der Waals surface area contributed by atoms with Crippen molar-refractivity contribution in [2.24, 2.45) is 0 Å². The molecular weight excluding hydrogens is 478 g/mol. The number of hydrogen-bond donors (Lipinski definition) is 0. The highest BCUT2D eigenvalue weighted by Crippen LogP contribution is 2.44. The molecule has 1 aromatic heterocycles. The summed E-state index contributed by atoms with van der Waals surface area (Å²) < 4.78 is 2.02. The van der Waals surface area contributed by atoms with Crippen LogP contribution in [-0.4, -0.2) is 75.3 Å². The van der Waals surface area contributed by atoms with E-state index in [0.717, 1.165) is 23.9 Å². The topological polar surface area (TPSA) is 78.8 Å². The molecule has 3 aliphatic heterocycles. The fraction of sp³-hybridized carbons (Fsp3) is 0.667. The van der Waals surface area contributed by atoms with E-state index in [-0.39, 0.29) is 36.4 Å². The molecule has 2 bridgehead atoms. The number of fused-ring (bicyclic) bond motifs is 3. The van der Waals surface area contributed by atoms with Gasteiger partial charge in [-0.2, -0.15) is 0 Å². The van der Waals surface area contributed by atoms with Gasteiger partial charge in [0.2, 0.25) is 5.91 Å². The van der Waals surface area contributed by atoms with Crippen molar-refractivity contribution in [1.82, 2.24) is 19.4 Å². The minimum absolute atomic E-state index is 0.0293. The summed E-state index contributed by atoms with van der Waals surface area (Å²) in [4.78, 5) is 49.5. The maximum Gasteiger partial charge on any atom is 0.294 e. The van der Waals surface area contributed by atoms with Crippen molar-refractivity contribution in [2.45, 2.75) is 102 Å². The van der Waals surface area contributed by atoms with E-state index in [1.807, 2.05) is 33.7 Å². The van der Waals surface area contributed by atoms with Crippen LogP contribution in [-0.2, 0) is 9.59 Å². The number of aromatic nitrogens is 2. The van der Waals surface area contributed by atoms with Crippen molar-refractivity contribution in [1.29, 1.82) is 0 Å². The standard InChI is InChI=1S/C30H41N5O3/c1-21(36)19-32-15-16-33(20-28(32)37)29-30(38)35(27-12-8-7-11-26(27)31-29)25-17-23-13-14-24(18-25)34(23)22-9-5-3-2-4-6-10-22/h7-8,11-12,22-25H,2-6,9-10,13-20H2,1H3/t23-,24+,25+. The van der Waals surface area contributed by atoms with Crippen LogP contribution < -0.4 is 10.5 Å². The zero-order chi connectivity index (χ0) is 26.2. The van der Waals surface area contributed by atoms with Crippen LogP contribution in [0.3, 0.4) is 0 Å². The normalized spacial score (nSPS) is 27.5. The molecule has 8 nitrogen and oxygen atoms in total. The summed E-state index contributed by atoms with van der Waals surface area (Å²) in [5, 5.41) is 0. The molecule has 38 heavy (non-hydrogen) atoms. The molecular formula is C30H41N5O3. The Morgan fingerprint density at radius 3 is 2.24 bits per heavy atom. The average Bonchev–Trinajstić information content (AvgIpc) is 3.13. The SMILES string of the molecule is CC(=O)CN1CCN(c2nc3ccccc3n([C@H]3C[C@H]4CC[C@@H](C3)N4C3CCCCCCC3)c2=O)CC1=O. The number of piperazine rings is 1. The van der Waals surface area contributed by atoms with E-state index in [0.29, 0.717) is 37.0 Å². The van der Waals surface area contributed by atoms with E-state index in [1.54, 1.807) is 4.90 Å². The van der Waals surface area contributed by atoms with Gasteiger partial charge in [-0.1, -0.05) is 44.2 Å². The van der Waals surface area contributed by atoms with Crippen LogP contribution in [0, 0.1) is 0 Å². The number of hydrogen-bond acceptors (Lipinski definition) is 6. The van der Waals surface area contributed by atoms with Gasteiger partial charge in [0.25, 0.3) is 5.56 Å². The Morgan fingerprint density at radius 2 is 1.55 bits per heavy atom. The van der Waals surface area contributed by atoms with Gasteiger partial charge in [-0.25, -0.2) is 4.98 Å². The quantitative estimate of drug-likeness (QED) is 0.596. The maximum atomic E-state index is 14.1. The molecule has 0 unspecified atom stereocenters. The summed E-state index contributed by atoms with van der Waals surface area (Å²) in [6.07, 6.45) is 13.9. The minimum Gasteiger partial charge on any atom is -0.341 e. The molecule has 1 saturated carbocycles. The monoisotopic (exact) mass is 519 g/mol. The molecule has 3 saturated heterocycles. The van der Waals surface area contributed by atoms with Gasteiger partial charge in [-0.3, -0.25) is 19.3 Å². The molecule has 6 rings (SSSR count). The van der Waals surface area contributed by atoms with Crippen LogP contribution >= 0.6 is 0 Å². The van der Waals surface area contributed by atoms with E-state index >= 15 is 0 Å². The van der Waals surface area contributed by atoms with E-state index in [4.69, 9.17) is 4.98 Å². The van der Waals surface area contributed by atoms with Gasteiger partial charge in [0.05, 0.1) is 24.1 Å². The number of Topliss-reactive ketones (excluding diaryl/α,β-unsaturated/α-hetero) is 1. The summed E-state index contributed by atoms with van der Waals surface area (Å²) in [5.74, 6) is 0.214. The summed E-state index contributed by atoms with van der Waals surface area (Å²) in [6.45, 7) is 2.64. The van der Waals surface area contributed by atoms with Gasteiger partial charge in [0, 0.05) is 37.3 Å². The third kappa shape index (κ3) is 4.88. The highest BCUT2D eigenvalue weighted by molar-refractivity contribution is 5.88. The van der Waals surface area contributed by atoms with Gasteiger partial charge in [-0.15, -0.1) is 0 Å². The van der Waals surface area contributed by atoms with Crippen molar-refractivity contribution >= 4 is 28.5 Å². The van der Waals surface area contributed by atoms with Crippen molar-refractivity contribution in [2.75, 3.05) is 31.1 Å². The van der Waals surface area contributed by atoms with Crippen LogP contribution in [0.5, 0.6) is 0 Å². The maximum absolute atomic E-state index is 14.1. The van der Waals surface area contributed by atoms with Crippen LogP contribution in [0.4, 0.5) is 5.82 Å². The van der Waals surface area contributed by atoms with Crippen molar-refractivity contribution < 1.29 is 9.59 Å². The predicted molar refractivity (Wildman–Crippen MR) is 149 cm³/mol. The fourth-order valence-electron chi connectivity index (χ4n) is 7.76. The zero-order valence-corrected chi connectivity index (χ0v) is 22.7. The second kappa shape index (κ2) is 10.8. The van der Waals surface area contributed by atoms with Crippen LogP contribution in [0.15, 0.2) is 29.1 Å². The summed E-state index contributed by atoms with van der Waals surface area (Å²) in [6, 6.07) is 9.88. The first kappa shape index (κ1) is 25.5. The molecule has 1 aromatic carbocycles. The first-order chi connectivity index (χ1) is 18.5. The Bertz CT molecular complexity index is 1240. The lowest BCUT2D eigenvalue weighted by Gasteiger charge is -2.45. The lowest BCUT2D eigenvalue weighted by molar-refractivity contribution is -0.134. The molecule has 4 aliphatic rings. The number of carbonyl (C=O) groups excluding carboxylic acids is 2. The number of para-hydroxylation sites is 2. The van der Waals surface area contributed by atoms with Crippen molar-refractivity contribution in [3.8, 4) is 0 Å². The zero-order valence-electron chi connectivity index (χ0n) is 22.7. The Kier molecular flexibility index (Phi) is 7.25.